The van der Waals surface area contributed by atoms with Crippen molar-refractivity contribution in [3.8, 4) is 0 Å². The second-order valence-corrected chi connectivity index (χ2v) is 7.61. The summed E-state index contributed by atoms with van der Waals surface area (Å²) in [5, 5.41) is 6.03. The molecule has 4 N–H and O–H groups in total. The van der Waals surface area contributed by atoms with Crippen LogP contribution < -0.4 is 16.4 Å². The zero-order valence-corrected chi connectivity index (χ0v) is 17.6. The van der Waals surface area contributed by atoms with Gasteiger partial charge in [0.1, 0.15) is 0 Å². The first-order valence-corrected chi connectivity index (χ1v) is 10.0. The Morgan fingerprint density at radius 2 is 1.76 bits per heavy atom. The number of carbonyl (C=O) groups excluding carboxylic acids is 2. The molecule has 0 aliphatic heterocycles. The molecule has 2 aromatic carbocycles. The summed E-state index contributed by atoms with van der Waals surface area (Å²) in [6.07, 6.45) is 5.93. The van der Waals surface area contributed by atoms with E-state index in [0.717, 1.165) is 24.0 Å². The minimum absolute atomic E-state index is 0. The number of nitrogens with one attached hydrogen (secondary N) is 2. The highest BCUT2D eigenvalue weighted by molar-refractivity contribution is 5.96. The number of aryl methyl sites for hydroxylation is 1. The SMILES string of the molecule is Cc1cc(C(=O)NC2CCCCC2)ccc1NC(=O)CC(N)c1ccccc1.Cl. The van der Waals surface area contributed by atoms with E-state index < -0.39 is 0 Å². The van der Waals surface area contributed by atoms with Crippen LogP contribution in [0.3, 0.4) is 0 Å². The summed E-state index contributed by atoms with van der Waals surface area (Å²) >= 11 is 0. The second-order valence-electron chi connectivity index (χ2n) is 7.61. The van der Waals surface area contributed by atoms with E-state index in [-0.39, 0.29) is 42.7 Å². The monoisotopic (exact) mass is 415 g/mol. The van der Waals surface area contributed by atoms with Crippen molar-refractivity contribution >= 4 is 29.9 Å². The standard InChI is InChI=1S/C23H29N3O2.ClH/c1-16-14-18(23(28)25-19-10-6-3-7-11-19)12-13-21(16)26-22(27)15-20(24)17-8-4-2-5-9-17;/h2,4-5,8-9,12-14,19-20H,3,6-7,10-11,15,24H2,1H3,(H,25,28)(H,26,27);1H. The van der Waals surface area contributed by atoms with E-state index >= 15 is 0 Å². The molecule has 1 aliphatic carbocycles. The maximum absolute atomic E-state index is 12.5. The fourth-order valence-electron chi connectivity index (χ4n) is 3.68. The summed E-state index contributed by atoms with van der Waals surface area (Å²) in [7, 11) is 0. The van der Waals surface area contributed by atoms with Gasteiger partial charge in [-0.15, -0.1) is 12.4 Å². The van der Waals surface area contributed by atoms with Gasteiger partial charge in [0.15, 0.2) is 0 Å². The summed E-state index contributed by atoms with van der Waals surface area (Å²) in [4.78, 5) is 24.8. The van der Waals surface area contributed by atoms with Gasteiger partial charge >= 0.3 is 0 Å². The zero-order valence-electron chi connectivity index (χ0n) is 16.8. The maximum atomic E-state index is 12.5. The number of amides is 2. The molecule has 1 saturated carbocycles. The van der Waals surface area contributed by atoms with Gasteiger partial charge in [-0.3, -0.25) is 9.59 Å². The highest BCUT2D eigenvalue weighted by Crippen LogP contribution is 2.21. The van der Waals surface area contributed by atoms with Crippen LogP contribution in [0.2, 0.25) is 0 Å². The quantitative estimate of drug-likeness (QED) is 0.649. The first-order valence-electron chi connectivity index (χ1n) is 10.0. The number of anilines is 1. The molecule has 0 aromatic heterocycles. The van der Waals surface area contributed by atoms with Crippen molar-refractivity contribution in [2.24, 2.45) is 5.73 Å². The molecule has 6 heteroatoms. The van der Waals surface area contributed by atoms with Crippen LogP contribution in [0.15, 0.2) is 48.5 Å². The predicted molar refractivity (Wildman–Crippen MR) is 119 cm³/mol. The van der Waals surface area contributed by atoms with Crippen molar-refractivity contribution in [3.63, 3.8) is 0 Å². The van der Waals surface area contributed by atoms with E-state index in [1.807, 2.05) is 43.3 Å². The average Bonchev–Trinajstić information content (AvgIpc) is 2.71. The lowest BCUT2D eigenvalue weighted by Gasteiger charge is -2.23. The van der Waals surface area contributed by atoms with Crippen molar-refractivity contribution in [1.82, 2.24) is 5.32 Å². The molecule has 2 amide bonds. The summed E-state index contributed by atoms with van der Waals surface area (Å²) in [6, 6.07) is 14.9. The van der Waals surface area contributed by atoms with Gasteiger partial charge in [-0.1, -0.05) is 49.6 Å². The second kappa shape index (κ2) is 11.0. The van der Waals surface area contributed by atoms with Crippen molar-refractivity contribution in [1.29, 1.82) is 0 Å². The molecule has 0 heterocycles. The molecule has 1 atom stereocenters. The van der Waals surface area contributed by atoms with E-state index in [0.29, 0.717) is 11.3 Å². The van der Waals surface area contributed by atoms with Gasteiger partial charge in [0.05, 0.1) is 0 Å². The van der Waals surface area contributed by atoms with Crippen LogP contribution in [-0.2, 0) is 4.79 Å². The summed E-state index contributed by atoms with van der Waals surface area (Å²) in [5.74, 6) is -0.183. The number of hydrogen-bond acceptors (Lipinski definition) is 3. The van der Waals surface area contributed by atoms with Crippen LogP contribution in [0.1, 0.15) is 66.1 Å². The molecule has 3 rings (SSSR count). The molecular formula is C23H30ClN3O2. The Bertz CT molecular complexity index is 820. The third-order valence-corrected chi connectivity index (χ3v) is 5.34. The molecule has 156 valence electrons. The molecule has 1 fully saturated rings. The highest BCUT2D eigenvalue weighted by atomic mass is 35.5. The lowest BCUT2D eigenvalue weighted by Crippen LogP contribution is -2.36. The van der Waals surface area contributed by atoms with E-state index in [2.05, 4.69) is 10.6 Å². The van der Waals surface area contributed by atoms with Crippen molar-refractivity contribution < 1.29 is 9.59 Å². The number of hydrogen-bond donors (Lipinski definition) is 3. The largest absolute Gasteiger partial charge is 0.349 e. The minimum atomic E-state index is -0.345. The fourth-order valence-corrected chi connectivity index (χ4v) is 3.68. The molecule has 0 saturated heterocycles. The Kier molecular flexibility index (Phi) is 8.68. The third kappa shape index (κ3) is 6.58. The van der Waals surface area contributed by atoms with Crippen molar-refractivity contribution in [2.45, 2.75) is 57.5 Å². The van der Waals surface area contributed by atoms with Crippen LogP contribution in [0.5, 0.6) is 0 Å². The number of nitrogens with two attached hydrogens (primary N) is 1. The van der Waals surface area contributed by atoms with Gasteiger partial charge in [0.25, 0.3) is 5.91 Å². The van der Waals surface area contributed by atoms with Crippen molar-refractivity contribution in [2.75, 3.05) is 5.32 Å². The molecule has 0 radical (unpaired) electrons. The molecule has 0 spiro atoms. The summed E-state index contributed by atoms with van der Waals surface area (Å²) in [6.45, 7) is 1.89. The summed E-state index contributed by atoms with van der Waals surface area (Å²) in [5.41, 5.74) is 9.25. The Morgan fingerprint density at radius 3 is 2.41 bits per heavy atom. The third-order valence-electron chi connectivity index (χ3n) is 5.34. The minimum Gasteiger partial charge on any atom is -0.349 e. The van der Waals surface area contributed by atoms with E-state index in [1.165, 1.54) is 19.3 Å². The lowest BCUT2D eigenvalue weighted by molar-refractivity contribution is -0.116. The van der Waals surface area contributed by atoms with E-state index in [9.17, 15) is 9.59 Å². The maximum Gasteiger partial charge on any atom is 0.251 e. The first kappa shape index (κ1) is 22.9. The highest BCUT2D eigenvalue weighted by Gasteiger charge is 2.17. The average molecular weight is 416 g/mol. The van der Waals surface area contributed by atoms with Crippen LogP contribution in [0, 0.1) is 6.92 Å². The van der Waals surface area contributed by atoms with Gasteiger partial charge in [0.2, 0.25) is 5.91 Å². The van der Waals surface area contributed by atoms with E-state index in [1.54, 1.807) is 12.1 Å². The molecule has 2 aromatic rings. The Morgan fingerprint density at radius 1 is 1.07 bits per heavy atom. The molecule has 0 bridgehead atoms. The molecule has 29 heavy (non-hydrogen) atoms. The van der Waals surface area contributed by atoms with Crippen LogP contribution in [-0.4, -0.2) is 17.9 Å². The van der Waals surface area contributed by atoms with Gasteiger partial charge < -0.3 is 16.4 Å². The zero-order chi connectivity index (χ0) is 19.9. The Labute approximate surface area is 178 Å². The van der Waals surface area contributed by atoms with Gasteiger partial charge in [-0.25, -0.2) is 0 Å². The molecular weight excluding hydrogens is 386 g/mol. The number of carbonyl (C=O) groups is 2. The predicted octanol–water partition coefficient (Wildman–Crippen LogP) is 4.51. The molecule has 5 nitrogen and oxygen atoms in total. The molecule has 1 aliphatic rings. The fraction of sp³-hybridized carbons (Fsp3) is 0.391. The van der Waals surface area contributed by atoms with Crippen LogP contribution in [0.4, 0.5) is 5.69 Å². The van der Waals surface area contributed by atoms with Crippen LogP contribution in [0.25, 0.3) is 0 Å². The number of halogens is 1. The van der Waals surface area contributed by atoms with E-state index in [4.69, 9.17) is 5.73 Å². The molecule has 1 unspecified atom stereocenters. The normalized spacial score (nSPS) is 15.1. The first-order chi connectivity index (χ1) is 13.5. The van der Waals surface area contributed by atoms with Gasteiger partial charge in [-0.2, -0.15) is 0 Å². The lowest BCUT2D eigenvalue weighted by atomic mass is 9.95. The van der Waals surface area contributed by atoms with Crippen molar-refractivity contribution in [3.05, 3.63) is 65.2 Å². The van der Waals surface area contributed by atoms with Gasteiger partial charge in [0, 0.05) is 29.8 Å². The van der Waals surface area contributed by atoms with Crippen LogP contribution >= 0.6 is 12.4 Å². The number of benzene rings is 2. The Balaban J connectivity index is 0.00000300. The smallest absolute Gasteiger partial charge is 0.251 e. The topological polar surface area (TPSA) is 84.2 Å². The Hall–Kier alpha value is -2.37. The van der Waals surface area contributed by atoms with Gasteiger partial charge in [-0.05, 0) is 49.1 Å². The number of rotatable bonds is 6. The summed E-state index contributed by atoms with van der Waals surface area (Å²) < 4.78 is 0.